The van der Waals surface area contributed by atoms with Crippen LogP contribution in [-0.4, -0.2) is 24.3 Å². The number of hydrogen-bond donors (Lipinski definition) is 0. The molecule has 0 amide bonds. The van der Waals surface area contributed by atoms with E-state index in [1.807, 2.05) is 0 Å². The second-order valence-corrected chi connectivity index (χ2v) is 5.04. The first-order chi connectivity index (χ1) is 8.88. The van der Waals surface area contributed by atoms with Crippen molar-refractivity contribution >= 4 is 11.8 Å². The number of halogens is 2. The molecule has 0 aromatic carbocycles. The summed E-state index contributed by atoms with van der Waals surface area (Å²) in [5.74, 6) is -3.91. The van der Waals surface area contributed by atoms with Gasteiger partial charge in [0.1, 0.15) is 12.2 Å². The van der Waals surface area contributed by atoms with Crippen molar-refractivity contribution in [3.8, 4) is 0 Å². The van der Waals surface area contributed by atoms with Crippen molar-refractivity contribution in [2.45, 2.75) is 45.0 Å². The molecule has 1 saturated carbocycles. The summed E-state index contributed by atoms with van der Waals surface area (Å²) in [6, 6.07) is 0. The maximum Gasteiger partial charge on any atom is 0.313 e. The lowest BCUT2D eigenvalue weighted by atomic mass is 9.74. The summed E-state index contributed by atoms with van der Waals surface area (Å²) in [5.41, 5.74) is 0. The van der Waals surface area contributed by atoms with Crippen LogP contribution in [0, 0.1) is 11.8 Å². The predicted octanol–water partition coefficient (Wildman–Crippen LogP) is 3.14. The van der Waals surface area contributed by atoms with Crippen LogP contribution in [0.25, 0.3) is 0 Å². The topological polar surface area (TPSA) is 43.4 Å². The number of ether oxygens (including phenoxy) is 1. The molecule has 0 aromatic heterocycles. The van der Waals surface area contributed by atoms with Crippen molar-refractivity contribution in [2.75, 3.05) is 6.61 Å². The monoisotopic (exact) mass is 274 g/mol. The van der Waals surface area contributed by atoms with Crippen LogP contribution < -0.4 is 0 Å². The zero-order chi connectivity index (χ0) is 14.5. The quantitative estimate of drug-likeness (QED) is 0.388. The highest BCUT2D eigenvalue weighted by Gasteiger charge is 2.46. The normalized spacial score (nSPS) is 19.3. The Labute approximate surface area is 112 Å². The Morgan fingerprint density at radius 2 is 2.11 bits per heavy atom. The van der Waals surface area contributed by atoms with Crippen LogP contribution in [0.3, 0.4) is 0 Å². The third kappa shape index (κ3) is 5.09. The molecule has 0 aliphatic heterocycles. The molecule has 0 N–H and O–H groups in total. The number of allylic oxidation sites excluding steroid dienone is 1. The molecule has 1 aliphatic rings. The second kappa shape index (κ2) is 6.78. The molecule has 3 nitrogen and oxygen atoms in total. The number of carbonyl (C=O) groups excluding carboxylic acids is 2. The Balaban J connectivity index is 2.45. The molecule has 0 spiro atoms. The minimum absolute atomic E-state index is 0.133. The summed E-state index contributed by atoms with van der Waals surface area (Å²) < 4.78 is 30.2. The number of hydrogen-bond acceptors (Lipinski definition) is 3. The molecule has 1 unspecified atom stereocenters. The molecular weight excluding hydrogens is 254 g/mol. The van der Waals surface area contributed by atoms with E-state index in [1.165, 1.54) is 0 Å². The lowest BCUT2D eigenvalue weighted by Gasteiger charge is -2.36. The third-order valence-electron chi connectivity index (χ3n) is 3.32. The molecule has 1 atom stereocenters. The van der Waals surface area contributed by atoms with E-state index in [2.05, 4.69) is 6.58 Å². The molecule has 5 heteroatoms. The molecule has 0 saturated heterocycles. The fourth-order valence-corrected chi connectivity index (χ4v) is 2.41. The molecule has 0 radical (unpaired) electrons. The highest BCUT2D eigenvalue weighted by molar-refractivity contribution is 5.96. The molecule has 0 bridgehead atoms. The van der Waals surface area contributed by atoms with Gasteiger partial charge in [-0.3, -0.25) is 9.59 Å². The number of carbonyl (C=O) groups is 2. The Morgan fingerprint density at radius 1 is 1.47 bits per heavy atom. The van der Waals surface area contributed by atoms with Gasteiger partial charge in [0.05, 0.1) is 6.61 Å². The third-order valence-corrected chi connectivity index (χ3v) is 3.32. The largest absolute Gasteiger partial charge is 0.466 e. The van der Waals surface area contributed by atoms with Crippen molar-refractivity contribution in [2.24, 2.45) is 11.8 Å². The van der Waals surface area contributed by atoms with Crippen molar-refractivity contribution in [3.05, 3.63) is 12.7 Å². The summed E-state index contributed by atoms with van der Waals surface area (Å²) in [6.45, 7) is 5.46. The number of esters is 1. The fourth-order valence-electron chi connectivity index (χ4n) is 2.41. The van der Waals surface area contributed by atoms with Crippen LogP contribution in [0.2, 0.25) is 0 Å². The Bertz CT molecular complexity index is 345. The van der Waals surface area contributed by atoms with Gasteiger partial charge in [0.15, 0.2) is 0 Å². The lowest BCUT2D eigenvalue weighted by Crippen LogP contribution is -2.37. The summed E-state index contributed by atoms with van der Waals surface area (Å²) in [6.07, 6.45) is 1.81. The highest BCUT2D eigenvalue weighted by Crippen LogP contribution is 2.45. The molecular formula is C14H20F2O3. The standard InChI is InChI=1S/C14H20F2O3/c1-3-5-11(6-10-8-14(15,16)9-10)12(17)7-13(18)19-4-2/h3,10-11H,1,4-9H2,2H3. The minimum Gasteiger partial charge on any atom is -0.466 e. The van der Waals surface area contributed by atoms with Crippen LogP contribution >= 0.6 is 0 Å². The van der Waals surface area contributed by atoms with E-state index in [-0.39, 0.29) is 37.6 Å². The lowest BCUT2D eigenvalue weighted by molar-refractivity contribution is -0.147. The van der Waals surface area contributed by atoms with Crippen molar-refractivity contribution in [1.29, 1.82) is 0 Å². The van der Waals surface area contributed by atoms with Gasteiger partial charge in [-0.25, -0.2) is 8.78 Å². The highest BCUT2D eigenvalue weighted by atomic mass is 19.3. The average Bonchev–Trinajstić information content (AvgIpc) is 2.26. The van der Waals surface area contributed by atoms with Crippen LogP contribution in [0.15, 0.2) is 12.7 Å². The van der Waals surface area contributed by atoms with Gasteiger partial charge in [-0.05, 0) is 25.7 Å². The minimum atomic E-state index is -2.58. The van der Waals surface area contributed by atoms with Crippen molar-refractivity contribution in [1.82, 2.24) is 0 Å². The molecule has 19 heavy (non-hydrogen) atoms. The van der Waals surface area contributed by atoms with Crippen LogP contribution in [0.4, 0.5) is 8.78 Å². The van der Waals surface area contributed by atoms with Gasteiger partial charge in [-0.15, -0.1) is 6.58 Å². The van der Waals surface area contributed by atoms with Gasteiger partial charge in [0, 0.05) is 18.8 Å². The Hall–Kier alpha value is -1.26. The van der Waals surface area contributed by atoms with Crippen LogP contribution in [-0.2, 0) is 14.3 Å². The number of rotatable bonds is 8. The summed E-state index contributed by atoms with van der Waals surface area (Å²) >= 11 is 0. The van der Waals surface area contributed by atoms with E-state index in [0.29, 0.717) is 12.8 Å². The Kier molecular flexibility index (Phi) is 5.63. The zero-order valence-corrected chi connectivity index (χ0v) is 11.2. The number of alkyl halides is 2. The molecule has 1 rings (SSSR count). The van der Waals surface area contributed by atoms with E-state index in [0.717, 1.165) is 0 Å². The molecule has 1 aliphatic carbocycles. The van der Waals surface area contributed by atoms with Gasteiger partial charge >= 0.3 is 5.97 Å². The number of ketones is 1. The van der Waals surface area contributed by atoms with Crippen LogP contribution in [0.5, 0.6) is 0 Å². The van der Waals surface area contributed by atoms with Gasteiger partial charge < -0.3 is 4.74 Å². The first-order valence-electron chi connectivity index (χ1n) is 6.55. The first-order valence-corrected chi connectivity index (χ1v) is 6.55. The maximum atomic E-state index is 12.8. The predicted molar refractivity (Wildman–Crippen MR) is 66.8 cm³/mol. The first kappa shape index (κ1) is 15.8. The molecule has 108 valence electrons. The van der Waals surface area contributed by atoms with E-state index >= 15 is 0 Å². The van der Waals surface area contributed by atoms with Gasteiger partial charge in [-0.2, -0.15) is 0 Å². The summed E-state index contributed by atoms with van der Waals surface area (Å²) in [4.78, 5) is 23.2. The summed E-state index contributed by atoms with van der Waals surface area (Å²) in [5, 5.41) is 0. The van der Waals surface area contributed by atoms with E-state index in [4.69, 9.17) is 4.74 Å². The second-order valence-electron chi connectivity index (χ2n) is 5.04. The average molecular weight is 274 g/mol. The Morgan fingerprint density at radius 3 is 2.58 bits per heavy atom. The zero-order valence-electron chi connectivity index (χ0n) is 11.2. The molecule has 1 fully saturated rings. The summed E-state index contributed by atoms with van der Waals surface area (Å²) in [7, 11) is 0. The van der Waals surface area contributed by atoms with Gasteiger partial charge in [-0.1, -0.05) is 6.08 Å². The van der Waals surface area contributed by atoms with E-state index < -0.39 is 17.8 Å². The van der Waals surface area contributed by atoms with Gasteiger partial charge in [0.25, 0.3) is 0 Å². The number of Topliss-reactive ketones (excluding diaryl/α,β-unsaturated/α-hetero) is 1. The smallest absolute Gasteiger partial charge is 0.313 e. The van der Waals surface area contributed by atoms with Crippen molar-refractivity contribution in [3.63, 3.8) is 0 Å². The van der Waals surface area contributed by atoms with E-state index in [9.17, 15) is 18.4 Å². The molecule has 0 heterocycles. The fraction of sp³-hybridized carbons (Fsp3) is 0.714. The van der Waals surface area contributed by atoms with Crippen molar-refractivity contribution < 1.29 is 23.1 Å². The maximum absolute atomic E-state index is 12.8. The van der Waals surface area contributed by atoms with E-state index in [1.54, 1.807) is 13.0 Å². The van der Waals surface area contributed by atoms with Gasteiger partial charge in [0.2, 0.25) is 5.92 Å². The SMILES string of the molecule is C=CCC(CC1CC(F)(F)C1)C(=O)CC(=O)OCC. The van der Waals surface area contributed by atoms with Crippen LogP contribution in [0.1, 0.15) is 39.0 Å². The molecule has 0 aromatic rings.